The molecule has 30 heavy (non-hydrogen) atoms. The minimum absolute atomic E-state index is 0.937. The van der Waals surface area contributed by atoms with E-state index in [9.17, 15) is 0 Å². The first-order valence-electron chi connectivity index (χ1n) is 11.0. The molecule has 4 rings (SSSR count). The molecule has 1 aromatic heterocycles. The van der Waals surface area contributed by atoms with Crippen LogP contribution in [0.4, 0.5) is 0 Å². The summed E-state index contributed by atoms with van der Waals surface area (Å²) < 4.78 is 0. The molecule has 1 fully saturated rings. The Morgan fingerprint density at radius 3 is 2.60 bits per heavy atom. The van der Waals surface area contributed by atoms with E-state index in [1.165, 1.54) is 44.5 Å². The lowest BCUT2D eigenvalue weighted by Crippen LogP contribution is -2.31. The fourth-order valence-electron chi connectivity index (χ4n) is 4.69. The Balaban J connectivity index is 1.68. The molecule has 0 saturated carbocycles. The van der Waals surface area contributed by atoms with Gasteiger partial charge in [0.05, 0.1) is 0 Å². The molecule has 0 N–H and O–H groups in total. The predicted octanol–water partition coefficient (Wildman–Crippen LogP) is 6.44. The van der Waals surface area contributed by atoms with Gasteiger partial charge >= 0.3 is 0 Å². The van der Waals surface area contributed by atoms with E-state index in [1.807, 2.05) is 12.4 Å². The molecule has 2 heteroatoms. The second-order valence-corrected chi connectivity index (χ2v) is 8.53. The molecule has 0 unspecified atom stereocenters. The van der Waals surface area contributed by atoms with E-state index < -0.39 is 0 Å². The van der Waals surface area contributed by atoms with Gasteiger partial charge in [-0.05, 0) is 90.6 Å². The Morgan fingerprint density at radius 1 is 1.10 bits per heavy atom. The fraction of sp³-hybridized carbons (Fsp3) is 0.321. The van der Waals surface area contributed by atoms with E-state index >= 15 is 0 Å². The lowest BCUT2D eigenvalue weighted by Gasteiger charge is -2.31. The first-order chi connectivity index (χ1) is 14.6. The molecule has 0 radical (unpaired) electrons. The third-order valence-electron chi connectivity index (χ3n) is 6.58. The van der Waals surface area contributed by atoms with Crippen molar-refractivity contribution in [2.45, 2.75) is 46.6 Å². The van der Waals surface area contributed by atoms with Gasteiger partial charge in [-0.15, -0.1) is 0 Å². The zero-order valence-corrected chi connectivity index (χ0v) is 18.5. The van der Waals surface area contributed by atoms with Crippen molar-refractivity contribution in [1.82, 2.24) is 9.88 Å². The number of benzene rings is 1. The van der Waals surface area contributed by atoms with Crippen LogP contribution in [0.3, 0.4) is 0 Å². The topological polar surface area (TPSA) is 16.1 Å². The number of hydrogen-bond acceptors (Lipinski definition) is 2. The lowest BCUT2D eigenvalue weighted by atomic mass is 9.85. The van der Waals surface area contributed by atoms with Crippen molar-refractivity contribution in [3.05, 3.63) is 106 Å². The van der Waals surface area contributed by atoms with Crippen LogP contribution in [0.1, 0.15) is 48.9 Å². The maximum atomic E-state index is 4.40. The molecule has 2 heterocycles. The largest absolute Gasteiger partial charge is 0.298 e. The van der Waals surface area contributed by atoms with Crippen molar-refractivity contribution in [3.8, 4) is 0 Å². The van der Waals surface area contributed by atoms with Crippen molar-refractivity contribution in [2.75, 3.05) is 13.1 Å². The molecule has 1 aliphatic carbocycles. The number of rotatable bonds is 3. The maximum Gasteiger partial charge on any atom is 0.0315 e. The molecule has 154 valence electrons. The first kappa shape index (κ1) is 20.6. The number of allylic oxidation sites excluding steroid dienone is 6. The summed E-state index contributed by atoms with van der Waals surface area (Å²) in [5, 5.41) is 0. The smallest absolute Gasteiger partial charge is 0.0315 e. The summed E-state index contributed by atoms with van der Waals surface area (Å²) in [6.45, 7) is 14.1. The predicted molar refractivity (Wildman–Crippen MR) is 127 cm³/mol. The van der Waals surface area contributed by atoms with Gasteiger partial charge in [0.25, 0.3) is 0 Å². The average Bonchev–Trinajstić information content (AvgIpc) is 2.86. The highest BCUT2D eigenvalue weighted by molar-refractivity contribution is 5.88. The highest BCUT2D eigenvalue weighted by Gasteiger charge is 2.24. The van der Waals surface area contributed by atoms with E-state index in [1.54, 1.807) is 5.57 Å². The Morgan fingerprint density at radius 2 is 1.87 bits per heavy atom. The zero-order chi connectivity index (χ0) is 21.1. The van der Waals surface area contributed by atoms with E-state index in [-0.39, 0.29) is 0 Å². The summed E-state index contributed by atoms with van der Waals surface area (Å²) in [6, 6.07) is 11.0. The number of piperidine rings is 1. The summed E-state index contributed by atoms with van der Waals surface area (Å²) in [5.41, 5.74) is 12.4. The van der Waals surface area contributed by atoms with Gasteiger partial charge in [-0.1, -0.05) is 48.6 Å². The van der Waals surface area contributed by atoms with Crippen LogP contribution < -0.4 is 0 Å². The zero-order valence-electron chi connectivity index (χ0n) is 18.5. The maximum absolute atomic E-state index is 4.40. The van der Waals surface area contributed by atoms with E-state index in [0.717, 1.165) is 38.9 Å². The first-order valence-corrected chi connectivity index (χ1v) is 11.0. The highest BCUT2D eigenvalue weighted by atomic mass is 15.1. The fourth-order valence-corrected chi connectivity index (χ4v) is 4.69. The molecule has 0 bridgehead atoms. The van der Waals surface area contributed by atoms with Gasteiger partial charge in [-0.25, -0.2) is 0 Å². The monoisotopic (exact) mass is 396 g/mol. The highest BCUT2D eigenvalue weighted by Crippen LogP contribution is 2.41. The number of hydrogen-bond donors (Lipinski definition) is 0. The molecule has 1 saturated heterocycles. The third-order valence-corrected chi connectivity index (χ3v) is 6.58. The second-order valence-electron chi connectivity index (χ2n) is 8.53. The molecular weight excluding hydrogens is 364 g/mol. The lowest BCUT2D eigenvalue weighted by molar-refractivity contribution is 0.248. The minimum atomic E-state index is 0.937. The van der Waals surface area contributed by atoms with Gasteiger partial charge in [0.15, 0.2) is 0 Å². The Kier molecular flexibility index (Phi) is 6.15. The molecule has 2 aliphatic rings. The van der Waals surface area contributed by atoms with Crippen molar-refractivity contribution in [1.29, 1.82) is 0 Å². The van der Waals surface area contributed by atoms with Crippen molar-refractivity contribution in [2.24, 2.45) is 0 Å². The van der Waals surface area contributed by atoms with Crippen LogP contribution in [0.2, 0.25) is 0 Å². The number of nitrogens with zero attached hydrogens (tertiary/aromatic N) is 2. The second kappa shape index (κ2) is 8.97. The van der Waals surface area contributed by atoms with E-state index in [2.05, 4.69) is 79.7 Å². The summed E-state index contributed by atoms with van der Waals surface area (Å²) in [5.74, 6) is 0. The SMILES string of the molecule is C=C1Cc2ccccc2C(=C2CCN(Cc3cnccc3C)CC2)C(/C=C\C)=C1C. The van der Waals surface area contributed by atoms with Gasteiger partial charge in [-0.2, -0.15) is 0 Å². The number of pyridine rings is 1. The standard InChI is InChI=1S/C28H32N2/c1-5-8-26-22(4)21(3)17-24-9-6-7-10-27(24)28(26)23-12-15-30(16-13-23)19-25-18-29-14-11-20(25)2/h5-11,14,18H,3,12-13,15-17,19H2,1-2,4H3/b8-5-. The van der Waals surface area contributed by atoms with Gasteiger partial charge in [0, 0.05) is 32.0 Å². The summed E-state index contributed by atoms with van der Waals surface area (Å²) in [7, 11) is 0. The molecule has 2 aromatic rings. The number of aryl methyl sites for hydroxylation is 1. The summed E-state index contributed by atoms with van der Waals surface area (Å²) in [6.07, 6.45) is 11.5. The van der Waals surface area contributed by atoms with Crippen LogP contribution in [0, 0.1) is 6.92 Å². The summed E-state index contributed by atoms with van der Waals surface area (Å²) >= 11 is 0. The van der Waals surface area contributed by atoms with Crippen molar-refractivity contribution >= 4 is 5.57 Å². The third kappa shape index (κ3) is 4.11. The quantitative estimate of drug-likeness (QED) is 0.593. The molecule has 1 aromatic carbocycles. The molecule has 1 aliphatic heterocycles. The minimum Gasteiger partial charge on any atom is -0.298 e. The molecule has 2 nitrogen and oxygen atoms in total. The molecule has 0 atom stereocenters. The molecule has 0 spiro atoms. The van der Waals surface area contributed by atoms with Crippen LogP contribution in [-0.2, 0) is 13.0 Å². The molecule has 0 amide bonds. The number of likely N-dealkylation sites (tertiary alicyclic amines) is 1. The van der Waals surface area contributed by atoms with Crippen LogP contribution >= 0.6 is 0 Å². The van der Waals surface area contributed by atoms with Crippen molar-refractivity contribution < 1.29 is 0 Å². The Bertz CT molecular complexity index is 1040. The van der Waals surface area contributed by atoms with Gasteiger partial charge in [0.2, 0.25) is 0 Å². The van der Waals surface area contributed by atoms with E-state index in [0.29, 0.717) is 0 Å². The van der Waals surface area contributed by atoms with Crippen LogP contribution in [0.25, 0.3) is 5.57 Å². The number of aromatic nitrogens is 1. The van der Waals surface area contributed by atoms with Crippen molar-refractivity contribution in [3.63, 3.8) is 0 Å². The van der Waals surface area contributed by atoms with Crippen LogP contribution in [-0.4, -0.2) is 23.0 Å². The van der Waals surface area contributed by atoms with E-state index in [4.69, 9.17) is 0 Å². The normalized spacial score (nSPS) is 18.2. The van der Waals surface area contributed by atoms with Crippen LogP contribution in [0.5, 0.6) is 0 Å². The Labute approximate surface area is 181 Å². The average molecular weight is 397 g/mol. The van der Waals surface area contributed by atoms with Gasteiger partial charge < -0.3 is 0 Å². The van der Waals surface area contributed by atoms with Crippen LogP contribution in [0.15, 0.2) is 83.7 Å². The van der Waals surface area contributed by atoms with Gasteiger partial charge in [0.1, 0.15) is 0 Å². The Hall–Kier alpha value is -2.71. The number of fused-ring (bicyclic) bond motifs is 1. The summed E-state index contributed by atoms with van der Waals surface area (Å²) in [4.78, 5) is 6.89. The molecular formula is C28H32N2. The van der Waals surface area contributed by atoms with Gasteiger partial charge in [-0.3, -0.25) is 9.88 Å².